The first-order valence-corrected chi connectivity index (χ1v) is 14.8. The monoisotopic (exact) mass is 552 g/mol. The highest BCUT2D eigenvalue weighted by atomic mass is 32.2. The van der Waals surface area contributed by atoms with Crippen molar-refractivity contribution in [3.05, 3.63) is 12.2 Å². The van der Waals surface area contributed by atoms with E-state index in [1.165, 1.54) is 4.90 Å². The van der Waals surface area contributed by atoms with Crippen LogP contribution in [0.5, 0.6) is 0 Å². The Balaban J connectivity index is 1.82. The van der Waals surface area contributed by atoms with E-state index >= 15 is 0 Å². The maximum absolute atomic E-state index is 13.6. The topological polar surface area (TPSA) is 140 Å². The molecule has 11 heteroatoms. The second kappa shape index (κ2) is 11.9. The van der Waals surface area contributed by atoms with E-state index in [4.69, 9.17) is 4.74 Å². The molecule has 214 valence electrons. The highest BCUT2D eigenvalue weighted by molar-refractivity contribution is 7.91. The van der Waals surface area contributed by atoms with E-state index in [0.29, 0.717) is 32.2 Å². The Morgan fingerprint density at radius 3 is 2.47 bits per heavy atom. The maximum atomic E-state index is 13.6. The predicted molar refractivity (Wildman–Crippen MR) is 145 cm³/mol. The lowest BCUT2D eigenvalue weighted by atomic mass is 10.0. The van der Waals surface area contributed by atoms with Crippen LogP contribution < -0.4 is 15.4 Å². The Labute approximate surface area is 229 Å². The zero-order valence-corrected chi connectivity index (χ0v) is 24.4. The lowest BCUT2D eigenvalue weighted by molar-refractivity contribution is -0.141. The van der Waals surface area contributed by atoms with Gasteiger partial charge in [0.1, 0.15) is 28.0 Å². The van der Waals surface area contributed by atoms with Gasteiger partial charge in [-0.15, -0.1) is 0 Å². The van der Waals surface area contributed by atoms with Gasteiger partial charge in [0.05, 0.1) is 11.4 Å². The molecule has 0 bridgehead atoms. The molecule has 1 saturated heterocycles. The van der Waals surface area contributed by atoms with E-state index in [0.717, 1.165) is 25.7 Å². The van der Waals surface area contributed by atoms with Crippen molar-refractivity contribution in [2.75, 3.05) is 6.54 Å². The summed E-state index contributed by atoms with van der Waals surface area (Å²) in [7, 11) is 0. The number of hydrogen-bond acceptors (Lipinski definition) is 6. The molecule has 2 aliphatic heterocycles. The average molecular weight is 553 g/mol. The van der Waals surface area contributed by atoms with Gasteiger partial charge in [0.15, 0.2) is 0 Å². The number of fused-ring (bicyclic) bond motifs is 2. The van der Waals surface area contributed by atoms with Crippen molar-refractivity contribution in [1.29, 1.82) is 0 Å². The third-order valence-electron chi connectivity index (χ3n) is 7.07. The van der Waals surface area contributed by atoms with Crippen molar-refractivity contribution >= 4 is 35.2 Å². The smallest absolute Gasteiger partial charge is 0.408 e. The minimum absolute atomic E-state index is 0.208. The Morgan fingerprint density at radius 2 is 1.82 bits per heavy atom. The van der Waals surface area contributed by atoms with Gasteiger partial charge in [-0.25, -0.2) is 4.79 Å². The van der Waals surface area contributed by atoms with Crippen LogP contribution in [0.4, 0.5) is 4.79 Å². The molecule has 2 fully saturated rings. The molecule has 1 saturated carbocycles. The number of rotatable bonds is 3. The van der Waals surface area contributed by atoms with Crippen molar-refractivity contribution in [2.24, 2.45) is 5.92 Å². The number of hydrogen-bond donors (Lipinski definition) is 3. The summed E-state index contributed by atoms with van der Waals surface area (Å²) in [5.74, 6) is -1.41. The second-order valence-corrected chi connectivity index (χ2v) is 14.5. The minimum atomic E-state index is -1.63. The summed E-state index contributed by atoms with van der Waals surface area (Å²) in [5, 5.41) is 5.66. The molecule has 0 aromatic heterocycles. The van der Waals surface area contributed by atoms with Gasteiger partial charge in [0, 0.05) is 12.5 Å². The molecule has 3 N–H and O–H groups in total. The molecule has 2 heterocycles. The summed E-state index contributed by atoms with van der Waals surface area (Å²) in [6.07, 6.45) is 8.56. The SMILES string of the molecule is CC(C)(C)OC(=O)N[C@H]1CCCCC/C=C\[C@@H]2C[C@@]2(C(=O)N[S+]([O-])C(C)(C)C)NC(=O)[C@@H]2CCCN2C1=O. The van der Waals surface area contributed by atoms with E-state index < -0.39 is 57.2 Å². The summed E-state index contributed by atoms with van der Waals surface area (Å²) in [6.45, 7) is 11.0. The van der Waals surface area contributed by atoms with Crippen molar-refractivity contribution in [2.45, 2.75) is 121 Å². The highest BCUT2D eigenvalue weighted by Gasteiger charge is 2.62. The van der Waals surface area contributed by atoms with E-state index in [-0.39, 0.29) is 11.8 Å². The molecular weight excluding hydrogens is 508 g/mol. The van der Waals surface area contributed by atoms with Gasteiger partial charge < -0.3 is 24.8 Å². The van der Waals surface area contributed by atoms with Gasteiger partial charge in [-0.3, -0.25) is 14.4 Å². The van der Waals surface area contributed by atoms with Crippen LogP contribution in [0.3, 0.4) is 0 Å². The van der Waals surface area contributed by atoms with E-state index in [1.807, 2.05) is 12.2 Å². The molecule has 0 radical (unpaired) electrons. The number of nitrogens with zero attached hydrogens (tertiary/aromatic N) is 1. The summed E-state index contributed by atoms with van der Waals surface area (Å²) in [6, 6.07) is -1.56. The molecule has 4 amide bonds. The quantitative estimate of drug-likeness (QED) is 0.363. The number of allylic oxidation sites excluding steroid dienone is 1. The van der Waals surface area contributed by atoms with Crippen LogP contribution >= 0.6 is 0 Å². The normalized spacial score (nSPS) is 30.5. The minimum Gasteiger partial charge on any atom is -0.593 e. The number of alkyl carbamates (subject to hydrolysis) is 1. The molecule has 1 aliphatic carbocycles. The van der Waals surface area contributed by atoms with Gasteiger partial charge in [-0.05, 0) is 80.1 Å². The lowest BCUT2D eigenvalue weighted by Crippen LogP contribution is -2.59. The molecule has 3 aliphatic rings. The average Bonchev–Trinajstić information content (AvgIpc) is 3.25. The Hall–Kier alpha value is -2.27. The summed E-state index contributed by atoms with van der Waals surface area (Å²) < 4.78 is 20.0. The molecule has 0 aromatic carbocycles. The van der Waals surface area contributed by atoms with Crippen molar-refractivity contribution < 1.29 is 28.5 Å². The number of amides is 4. The van der Waals surface area contributed by atoms with Gasteiger partial charge in [0.25, 0.3) is 5.91 Å². The third kappa shape index (κ3) is 7.65. The molecule has 0 aromatic rings. The van der Waals surface area contributed by atoms with Crippen LogP contribution in [0.25, 0.3) is 0 Å². The number of carbonyl (C=O) groups is 4. The van der Waals surface area contributed by atoms with Crippen LogP contribution in [0.15, 0.2) is 12.2 Å². The van der Waals surface area contributed by atoms with Crippen molar-refractivity contribution in [3.63, 3.8) is 0 Å². The van der Waals surface area contributed by atoms with Crippen molar-refractivity contribution in [3.8, 4) is 0 Å². The first-order valence-electron chi connectivity index (χ1n) is 13.7. The van der Waals surface area contributed by atoms with E-state index in [2.05, 4.69) is 15.4 Å². The predicted octanol–water partition coefficient (Wildman–Crippen LogP) is 2.84. The highest BCUT2D eigenvalue weighted by Crippen LogP contribution is 2.46. The Kier molecular flexibility index (Phi) is 9.45. The fraction of sp³-hybridized carbons (Fsp3) is 0.778. The molecular formula is C27H44N4O6S. The number of ether oxygens (including phenoxy) is 1. The molecule has 1 unspecified atom stereocenters. The van der Waals surface area contributed by atoms with Crippen LogP contribution in [-0.2, 0) is 30.5 Å². The first-order chi connectivity index (χ1) is 17.6. The maximum Gasteiger partial charge on any atom is 0.408 e. The summed E-state index contributed by atoms with van der Waals surface area (Å²) in [5.41, 5.74) is -1.90. The van der Waals surface area contributed by atoms with Crippen LogP contribution in [0.2, 0.25) is 0 Å². The van der Waals surface area contributed by atoms with Gasteiger partial charge >= 0.3 is 6.09 Å². The Bertz CT molecular complexity index is 943. The largest absolute Gasteiger partial charge is 0.593 e. The van der Waals surface area contributed by atoms with E-state index in [9.17, 15) is 23.7 Å². The van der Waals surface area contributed by atoms with Crippen molar-refractivity contribution in [1.82, 2.24) is 20.3 Å². The fourth-order valence-corrected chi connectivity index (χ4v) is 5.53. The Morgan fingerprint density at radius 1 is 1.11 bits per heavy atom. The van der Waals surface area contributed by atoms with Gasteiger partial charge in [-0.1, -0.05) is 25.0 Å². The lowest BCUT2D eigenvalue weighted by Gasteiger charge is -2.31. The molecule has 10 nitrogen and oxygen atoms in total. The zero-order valence-electron chi connectivity index (χ0n) is 23.6. The molecule has 3 rings (SSSR count). The van der Waals surface area contributed by atoms with E-state index in [1.54, 1.807) is 41.5 Å². The second-order valence-electron chi connectivity index (χ2n) is 12.5. The summed E-state index contributed by atoms with van der Waals surface area (Å²) >= 11 is -1.63. The van der Waals surface area contributed by atoms with Crippen LogP contribution in [-0.4, -0.2) is 67.8 Å². The molecule has 0 spiro atoms. The third-order valence-corrected chi connectivity index (χ3v) is 8.55. The summed E-state index contributed by atoms with van der Waals surface area (Å²) in [4.78, 5) is 54.5. The van der Waals surface area contributed by atoms with Gasteiger partial charge in [-0.2, -0.15) is 4.72 Å². The zero-order chi connectivity index (χ0) is 28.3. The number of nitrogens with one attached hydrogen (secondary N) is 3. The van der Waals surface area contributed by atoms with Gasteiger partial charge in [0.2, 0.25) is 11.8 Å². The first kappa shape index (κ1) is 30.3. The standard InChI is InChI=1S/C27H44N4O6S/c1-25(2,3)37-24(35)28-19-14-11-9-7-8-10-13-18-17-27(18,23(34)30-38(36)26(4,5)6)29-21(32)20-15-12-16-31(20)22(19)33/h10,13,18-20H,7-9,11-12,14-17H2,1-6H3,(H,28,35)(H,29,32)(H,30,34)/b13-10-/t18-,19+,20+,27-,38?/m1/s1. The van der Waals surface area contributed by atoms with Crippen LogP contribution in [0.1, 0.15) is 92.9 Å². The fourth-order valence-electron chi connectivity index (χ4n) is 4.87. The number of carbonyl (C=O) groups excluding carboxylic acids is 4. The molecule has 38 heavy (non-hydrogen) atoms. The van der Waals surface area contributed by atoms with Crippen LogP contribution in [0, 0.1) is 5.92 Å². The molecule has 5 atom stereocenters.